The Morgan fingerprint density at radius 3 is 2.43 bits per heavy atom. The van der Waals surface area contributed by atoms with Crippen LogP contribution in [0.4, 0.5) is 17.1 Å². The molecule has 0 bridgehead atoms. The number of piperidine rings is 1. The molecule has 188 valence electrons. The van der Waals surface area contributed by atoms with Crippen molar-refractivity contribution in [2.75, 3.05) is 49.5 Å². The van der Waals surface area contributed by atoms with Crippen LogP contribution in [0.15, 0.2) is 36.4 Å². The quantitative estimate of drug-likeness (QED) is 0.365. The molecule has 0 unspecified atom stereocenters. The first kappa shape index (κ1) is 26.4. The van der Waals surface area contributed by atoms with Crippen molar-refractivity contribution < 1.29 is 14.5 Å². The fourth-order valence-electron chi connectivity index (χ4n) is 4.17. The van der Waals surface area contributed by atoms with Gasteiger partial charge in [-0.15, -0.1) is 0 Å². The number of nitro benzene ring substituents is 1. The molecular formula is C25H32ClN5O4. The van der Waals surface area contributed by atoms with Crippen LogP contribution in [0.1, 0.15) is 53.8 Å². The highest BCUT2D eigenvalue weighted by atomic mass is 35.5. The third-order valence-corrected chi connectivity index (χ3v) is 6.53. The number of nitrogens with one attached hydrogen (secondary N) is 2. The fourth-order valence-corrected chi connectivity index (χ4v) is 4.35. The fraction of sp³-hybridized carbons (Fsp3) is 0.440. The Labute approximate surface area is 210 Å². The van der Waals surface area contributed by atoms with E-state index < -0.39 is 10.8 Å². The van der Waals surface area contributed by atoms with Crippen molar-refractivity contribution in [1.82, 2.24) is 10.2 Å². The van der Waals surface area contributed by atoms with Crippen LogP contribution in [0.2, 0.25) is 5.02 Å². The molecule has 0 aliphatic carbocycles. The van der Waals surface area contributed by atoms with Gasteiger partial charge in [0, 0.05) is 49.2 Å². The highest BCUT2D eigenvalue weighted by Gasteiger charge is 2.21. The van der Waals surface area contributed by atoms with E-state index in [-0.39, 0.29) is 22.2 Å². The molecule has 35 heavy (non-hydrogen) atoms. The zero-order chi connectivity index (χ0) is 25.4. The molecule has 0 spiro atoms. The minimum Gasteiger partial charge on any atom is -0.371 e. The van der Waals surface area contributed by atoms with E-state index in [1.54, 1.807) is 12.1 Å². The summed E-state index contributed by atoms with van der Waals surface area (Å²) >= 11 is 5.86. The smallest absolute Gasteiger partial charge is 0.288 e. The molecule has 9 nitrogen and oxygen atoms in total. The van der Waals surface area contributed by atoms with E-state index in [0.29, 0.717) is 17.8 Å². The molecular weight excluding hydrogens is 470 g/mol. The van der Waals surface area contributed by atoms with E-state index in [4.69, 9.17) is 11.6 Å². The Morgan fingerprint density at radius 1 is 1.06 bits per heavy atom. The first-order valence-electron chi connectivity index (χ1n) is 12.0. The molecule has 0 aromatic heterocycles. The Balaban J connectivity index is 1.82. The number of amides is 2. The molecule has 2 N–H and O–H groups in total. The zero-order valence-electron chi connectivity index (χ0n) is 20.2. The van der Waals surface area contributed by atoms with Gasteiger partial charge in [-0.2, -0.15) is 0 Å². The number of likely N-dealkylation sites (N-methyl/N-ethyl adjacent to an activating group) is 1. The Hall–Kier alpha value is -3.17. The number of rotatable bonds is 10. The molecule has 1 aliphatic heterocycles. The number of carbonyl (C=O) groups excluding carboxylic acids is 2. The van der Waals surface area contributed by atoms with Gasteiger partial charge in [0.2, 0.25) is 0 Å². The summed E-state index contributed by atoms with van der Waals surface area (Å²) in [4.78, 5) is 40.9. The number of carbonyl (C=O) groups is 2. The topological polar surface area (TPSA) is 108 Å². The van der Waals surface area contributed by atoms with Crippen molar-refractivity contribution in [3.05, 3.63) is 62.7 Å². The van der Waals surface area contributed by atoms with Gasteiger partial charge in [-0.05, 0) is 62.7 Å². The number of halogens is 1. The van der Waals surface area contributed by atoms with E-state index in [0.717, 1.165) is 57.3 Å². The maximum Gasteiger partial charge on any atom is 0.288 e. The van der Waals surface area contributed by atoms with Crippen LogP contribution in [0.5, 0.6) is 0 Å². The predicted octanol–water partition coefficient (Wildman–Crippen LogP) is 4.56. The normalized spacial score (nSPS) is 13.5. The van der Waals surface area contributed by atoms with E-state index in [1.165, 1.54) is 18.6 Å². The summed E-state index contributed by atoms with van der Waals surface area (Å²) < 4.78 is 0. The first-order chi connectivity index (χ1) is 16.8. The maximum atomic E-state index is 13.2. The molecule has 1 heterocycles. The van der Waals surface area contributed by atoms with Crippen LogP contribution >= 0.6 is 11.6 Å². The van der Waals surface area contributed by atoms with Crippen LogP contribution in [0, 0.1) is 10.1 Å². The lowest BCUT2D eigenvalue weighted by molar-refractivity contribution is -0.384. The van der Waals surface area contributed by atoms with E-state index in [1.807, 2.05) is 6.07 Å². The number of nitrogens with zero attached hydrogens (tertiary/aromatic N) is 3. The SMILES string of the molecule is CCN(CC)CCNC(=O)c1cc(NC(=O)c2ccc(Cl)c([N+](=O)[O-])c2)ccc1N1CCCCC1. The Bertz CT molecular complexity index is 1070. The van der Waals surface area contributed by atoms with Gasteiger partial charge in [0.1, 0.15) is 5.02 Å². The molecule has 1 aliphatic rings. The van der Waals surface area contributed by atoms with E-state index in [9.17, 15) is 19.7 Å². The van der Waals surface area contributed by atoms with Crippen molar-refractivity contribution >= 4 is 40.5 Å². The minimum absolute atomic E-state index is 0.0406. The van der Waals surface area contributed by atoms with Crippen molar-refractivity contribution in [2.24, 2.45) is 0 Å². The van der Waals surface area contributed by atoms with Crippen LogP contribution in [0.25, 0.3) is 0 Å². The summed E-state index contributed by atoms with van der Waals surface area (Å²) in [6, 6.07) is 9.15. The number of nitro groups is 1. The molecule has 1 saturated heterocycles. The second-order valence-corrected chi connectivity index (χ2v) is 8.85. The average Bonchev–Trinajstić information content (AvgIpc) is 2.87. The monoisotopic (exact) mass is 501 g/mol. The van der Waals surface area contributed by atoms with Gasteiger partial charge in [0.25, 0.3) is 17.5 Å². The van der Waals surface area contributed by atoms with Crippen molar-refractivity contribution in [1.29, 1.82) is 0 Å². The molecule has 1 fully saturated rings. The lowest BCUT2D eigenvalue weighted by atomic mass is 10.1. The summed E-state index contributed by atoms with van der Waals surface area (Å²) in [5.41, 5.74) is 1.53. The second-order valence-electron chi connectivity index (χ2n) is 8.44. The van der Waals surface area contributed by atoms with Crippen LogP contribution in [-0.2, 0) is 0 Å². The highest BCUT2D eigenvalue weighted by Crippen LogP contribution is 2.29. The predicted molar refractivity (Wildman–Crippen MR) is 139 cm³/mol. The molecule has 3 rings (SSSR count). The number of benzene rings is 2. The van der Waals surface area contributed by atoms with Gasteiger partial charge in [-0.3, -0.25) is 19.7 Å². The highest BCUT2D eigenvalue weighted by molar-refractivity contribution is 6.32. The Kier molecular flexibility index (Phi) is 9.45. The third-order valence-electron chi connectivity index (χ3n) is 6.21. The molecule has 2 amide bonds. The van der Waals surface area contributed by atoms with Crippen LogP contribution in [0.3, 0.4) is 0 Å². The molecule has 0 saturated carbocycles. The van der Waals surface area contributed by atoms with Gasteiger partial charge in [-0.25, -0.2) is 0 Å². The lowest BCUT2D eigenvalue weighted by Crippen LogP contribution is -2.36. The summed E-state index contributed by atoms with van der Waals surface area (Å²) in [6.45, 7) is 9.02. The van der Waals surface area contributed by atoms with Gasteiger partial charge < -0.3 is 20.4 Å². The van der Waals surface area contributed by atoms with Crippen molar-refractivity contribution in [2.45, 2.75) is 33.1 Å². The first-order valence-corrected chi connectivity index (χ1v) is 12.4. The zero-order valence-corrected chi connectivity index (χ0v) is 20.9. The minimum atomic E-state index is -0.632. The summed E-state index contributed by atoms with van der Waals surface area (Å²) in [5.74, 6) is -0.723. The summed E-state index contributed by atoms with van der Waals surface area (Å²) in [5, 5.41) is 16.9. The van der Waals surface area contributed by atoms with E-state index in [2.05, 4.69) is 34.3 Å². The lowest BCUT2D eigenvalue weighted by Gasteiger charge is -2.30. The van der Waals surface area contributed by atoms with Gasteiger partial charge >= 0.3 is 0 Å². The average molecular weight is 502 g/mol. The van der Waals surface area contributed by atoms with Gasteiger partial charge in [0.05, 0.1) is 10.5 Å². The Morgan fingerprint density at radius 2 is 1.77 bits per heavy atom. The standard InChI is InChI=1S/C25H32ClN5O4/c1-3-29(4-2)15-12-27-25(33)20-17-19(9-11-22(20)30-13-6-5-7-14-30)28-24(32)18-8-10-21(26)23(16-18)31(34)35/h8-11,16-17H,3-7,12-15H2,1-2H3,(H,27,33)(H,28,32). The molecule has 0 radical (unpaired) electrons. The van der Waals surface area contributed by atoms with Gasteiger partial charge in [0.15, 0.2) is 0 Å². The van der Waals surface area contributed by atoms with Crippen molar-refractivity contribution in [3.8, 4) is 0 Å². The number of hydrogen-bond donors (Lipinski definition) is 2. The largest absolute Gasteiger partial charge is 0.371 e. The van der Waals surface area contributed by atoms with Crippen molar-refractivity contribution in [3.63, 3.8) is 0 Å². The number of anilines is 2. The number of hydrogen-bond acceptors (Lipinski definition) is 6. The molecule has 2 aromatic rings. The molecule has 2 aromatic carbocycles. The molecule has 0 atom stereocenters. The summed E-state index contributed by atoms with van der Waals surface area (Å²) in [6.07, 6.45) is 3.30. The van der Waals surface area contributed by atoms with Crippen LogP contribution in [-0.4, -0.2) is 60.9 Å². The molecule has 10 heteroatoms. The van der Waals surface area contributed by atoms with Crippen LogP contribution < -0.4 is 15.5 Å². The second kappa shape index (κ2) is 12.5. The maximum absolute atomic E-state index is 13.2. The third kappa shape index (κ3) is 6.93. The summed E-state index contributed by atoms with van der Waals surface area (Å²) in [7, 11) is 0. The van der Waals surface area contributed by atoms with Gasteiger partial charge in [-0.1, -0.05) is 25.4 Å². The van der Waals surface area contributed by atoms with E-state index >= 15 is 0 Å².